The molecule has 0 saturated heterocycles. The van der Waals surface area contributed by atoms with E-state index in [1.165, 1.54) is 17.7 Å². The van der Waals surface area contributed by atoms with E-state index in [9.17, 15) is 13.2 Å². The fraction of sp³-hybridized carbons (Fsp3) is 0.350. The molecule has 0 radical (unpaired) electrons. The first kappa shape index (κ1) is 19.4. The van der Waals surface area contributed by atoms with Gasteiger partial charge in [0.05, 0.1) is 17.5 Å². The number of carbonyl (C=O) groups is 1. The van der Waals surface area contributed by atoms with Crippen LogP contribution in [0.5, 0.6) is 5.75 Å². The van der Waals surface area contributed by atoms with Crippen molar-refractivity contribution in [2.45, 2.75) is 37.1 Å². The highest BCUT2D eigenvalue weighted by atomic mass is 32.2. The number of nitrogens with one attached hydrogen (secondary N) is 2. The summed E-state index contributed by atoms with van der Waals surface area (Å²) in [6.45, 7) is 2.43. The fourth-order valence-corrected chi connectivity index (χ4v) is 4.27. The fourth-order valence-electron chi connectivity index (χ4n) is 3.24. The monoisotopic (exact) mass is 388 g/mol. The van der Waals surface area contributed by atoms with Crippen molar-refractivity contribution < 1.29 is 17.9 Å². The van der Waals surface area contributed by atoms with Gasteiger partial charge in [0.15, 0.2) is 0 Å². The summed E-state index contributed by atoms with van der Waals surface area (Å²) < 4.78 is 32.4. The number of carbonyl (C=O) groups excluding carboxylic acids is 1. The van der Waals surface area contributed by atoms with Gasteiger partial charge in [-0.2, -0.15) is 0 Å². The molecule has 27 heavy (non-hydrogen) atoms. The lowest BCUT2D eigenvalue weighted by molar-refractivity contribution is -0.121. The Morgan fingerprint density at radius 3 is 2.63 bits per heavy atom. The van der Waals surface area contributed by atoms with E-state index < -0.39 is 10.0 Å². The van der Waals surface area contributed by atoms with Crippen molar-refractivity contribution in [3.63, 3.8) is 0 Å². The predicted octanol–water partition coefficient (Wildman–Crippen LogP) is 2.56. The normalized spacial score (nSPS) is 16.0. The van der Waals surface area contributed by atoms with Crippen molar-refractivity contribution >= 4 is 15.9 Å². The van der Waals surface area contributed by atoms with Gasteiger partial charge in [-0.05, 0) is 55.2 Å². The van der Waals surface area contributed by atoms with E-state index in [-0.39, 0.29) is 29.8 Å². The van der Waals surface area contributed by atoms with Gasteiger partial charge in [-0.1, -0.05) is 24.3 Å². The Morgan fingerprint density at radius 1 is 1.15 bits per heavy atom. The highest BCUT2D eigenvalue weighted by molar-refractivity contribution is 7.89. The molecule has 6 nitrogen and oxygen atoms in total. The summed E-state index contributed by atoms with van der Waals surface area (Å²) in [4.78, 5) is 12.3. The third kappa shape index (κ3) is 4.87. The first-order valence-electron chi connectivity index (χ1n) is 9.09. The van der Waals surface area contributed by atoms with E-state index in [2.05, 4.69) is 16.1 Å². The molecule has 0 bridgehead atoms. The Hall–Kier alpha value is -2.38. The van der Waals surface area contributed by atoms with Gasteiger partial charge in [0.25, 0.3) is 0 Å². The molecule has 2 N–H and O–H groups in total. The molecule has 144 valence electrons. The molecule has 0 heterocycles. The molecule has 0 aromatic heterocycles. The van der Waals surface area contributed by atoms with Crippen molar-refractivity contribution in [2.24, 2.45) is 0 Å². The highest BCUT2D eigenvalue weighted by Crippen LogP contribution is 2.30. The number of rotatable bonds is 8. The second kappa shape index (κ2) is 8.54. The molecule has 0 fully saturated rings. The average Bonchev–Trinajstić information content (AvgIpc) is 3.05. The van der Waals surface area contributed by atoms with Gasteiger partial charge in [-0.15, -0.1) is 0 Å². The smallest absolute Gasteiger partial charge is 0.240 e. The molecule has 0 spiro atoms. The lowest BCUT2D eigenvalue weighted by Gasteiger charge is -2.14. The minimum atomic E-state index is -3.65. The third-order valence-corrected chi connectivity index (χ3v) is 6.03. The number of fused-ring (bicyclic) bond motifs is 1. The summed E-state index contributed by atoms with van der Waals surface area (Å²) in [7, 11) is -3.65. The molecule has 7 heteroatoms. The topological polar surface area (TPSA) is 84.5 Å². The number of hydrogen-bond acceptors (Lipinski definition) is 4. The number of sulfonamides is 1. The lowest BCUT2D eigenvalue weighted by Crippen LogP contribution is -2.32. The summed E-state index contributed by atoms with van der Waals surface area (Å²) in [5.74, 6) is 0.457. The van der Waals surface area contributed by atoms with Crippen LogP contribution in [-0.2, 0) is 21.2 Å². The Bertz CT molecular complexity index is 894. The van der Waals surface area contributed by atoms with Gasteiger partial charge in [-0.3, -0.25) is 4.79 Å². The second-order valence-electron chi connectivity index (χ2n) is 6.41. The summed E-state index contributed by atoms with van der Waals surface area (Å²) in [6.07, 6.45) is 1.92. The molecule has 1 aliphatic rings. The van der Waals surface area contributed by atoms with Gasteiger partial charge in [0.2, 0.25) is 15.9 Å². The van der Waals surface area contributed by atoms with Gasteiger partial charge in [-0.25, -0.2) is 13.1 Å². The molecule has 2 aromatic carbocycles. The van der Waals surface area contributed by atoms with Gasteiger partial charge in [0.1, 0.15) is 5.75 Å². The van der Waals surface area contributed by atoms with Crippen molar-refractivity contribution in [3.05, 3.63) is 59.7 Å². The summed E-state index contributed by atoms with van der Waals surface area (Å²) >= 11 is 0. The standard InChI is InChI=1S/C20H24N2O4S/c1-2-26-16-8-10-17(11-9-16)27(24,25)21-14-13-20(23)22-19-12-7-15-5-3-4-6-18(15)19/h3-6,8-11,19,21H,2,7,12-14H2,1H3,(H,22,23). The SMILES string of the molecule is CCOc1ccc(S(=O)(=O)NCCC(=O)NC2CCc3ccccc32)cc1. The van der Waals surface area contributed by atoms with Crippen LogP contribution >= 0.6 is 0 Å². The van der Waals surface area contributed by atoms with E-state index in [1.54, 1.807) is 12.1 Å². The number of ether oxygens (including phenoxy) is 1. The summed E-state index contributed by atoms with van der Waals surface area (Å²) in [5.41, 5.74) is 2.42. The van der Waals surface area contributed by atoms with Crippen molar-refractivity contribution in [2.75, 3.05) is 13.2 Å². The number of amides is 1. The number of aryl methyl sites for hydroxylation is 1. The maximum atomic E-state index is 12.3. The van der Waals surface area contributed by atoms with Crippen molar-refractivity contribution in [1.82, 2.24) is 10.0 Å². The zero-order valence-electron chi connectivity index (χ0n) is 15.3. The van der Waals surface area contributed by atoms with Crippen LogP contribution in [0, 0.1) is 0 Å². The Labute approximate surface area is 160 Å². The van der Waals surface area contributed by atoms with E-state index in [4.69, 9.17) is 4.74 Å². The largest absolute Gasteiger partial charge is 0.494 e. The van der Waals surface area contributed by atoms with Gasteiger partial charge >= 0.3 is 0 Å². The first-order chi connectivity index (χ1) is 13.0. The van der Waals surface area contributed by atoms with E-state index in [1.807, 2.05) is 25.1 Å². The quantitative estimate of drug-likeness (QED) is 0.728. The zero-order chi connectivity index (χ0) is 19.3. The van der Waals surface area contributed by atoms with Crippen LogP contribution in [0.4, 0.5) is 0 Å². The van der Waals surface area contributed by atoms with Gasteiger partial charge < -0.3 is 10.1 Å². The molecular weight excluding hydrogens is 364 g/mol. The molecule has 0 saturated carbocycles. The van der Waals surface area contributed by atoms with Crippen molar-refractivity contribution in [1.29, 1.82) is 0 Å². The molecule has 2 aromatic rings. The minimum absolute atomic E-state index is 0.0106. The minimum Gasteiger partial charge on any atom is -0.494 e. The lowest BCUT2D eigenvalue weighted by atomic mass is 10.1. The maximum absolute atomic E-state index is 12.3. The summed E-state index contributed by atoms with van der Waals surface area (Å²) in [5, 5.41) is 2.99. The summed E-state index contributed by atoms with van der Waals surface area (Å²) in [6, 6.07) is 14.3. The average molecular weight is 388 g/mol. The second-order valence-corrected chi connectivity index (χ2v) is 8.18. The predicted molar refractivity (Wildman–Crippen MR) is 103 cm³/mol. The van der Waals surface area contributed by atoms with Crippen molar-refractivity contribution in [3.8, 4) is 5.75 Å². The van der Waals surface area contributed by atoms with Gasteiger partial charge in [0, 0.05) is 13.0 Å². The Balaban J connectivity index is 1.49. The van der Waals surface area contributed by atoms with Crippen LogP contribution < -0.4 is 14.8 Å². The van der Waals surface area contributed by atoms with Crippen LogP contribution in [0.25, 0.3) is 0 Å². The molecule has 1 amide bonds. The van der Waals surface area contributed by atoms with Crippen LogP contribution in [0.3, 0.4) is 0 Å². The zero-order valence-corrected chi connectivity index (χ0v) is 16.1. The number of benzene rings is 2. The van der Waals surface area contributed by atoms with Crippen LogP contribution in [0.2, 0.25) is 0 Å². The Kier molecular flexibility index (Phi) is 6.13. The molecule has 1 atom stereocenters. The molecule has 3 rings (SSSR count). The Morgan fingerprint density at radius 2 is 1.89 bits per heavy atom. The first-order valence-corrected chi connectivity index (χ1v) is 10.6. The van der Waals surface area contributed by atoms with E-state index in [0.29, 0.717) is 12.4 Å². The maximum Gasteiger partial charge on any atom is 0.240 e. The molecule has 1 unspecified atom stereocenters. The molecular formula is C20H24N2O4S. The molecule has 0 aliphatic heterocycles. The van der Waals surface area contributed by atoms with E-state index in [0.717, 1.165) is 18.4 Å². The molecule has 1 aliphatic carbocycles. The third-order valence-electron chi connectivity index (χ3n) is 4.56. The van der Waals surface area contributed by atoms with E-state index >= 15 is 0 Å². The van der Waals surface area contributed by atoms with Crippen LogP contribution in [0.15, 0.2) is 53.4 Å². The highest BCUT2D eigenvalue weighted by Gasteiger charge is 2.23. The van der Waals surface area contributed by atoms with Crippen LogP contribution in [-0.4, -0.2) is 27.5 Å². The number of hydrogen-bond donors (Lipinski definition) is 2. The van der Waals surface area contributed by atoms with Crippen LogP contribution in [0.1, 0.15) is 36.9 Å².